The molecule has 2 N–H and O–H groups in total. The van der Waals surface area contributed by atoms with Crippen LogP contribution in [-0.2, 0) is 0 Å². The van der Waals surface area contributed by atoms with E-state index < -0.39 is 11.5 Å². The van der Waals surface area contributed by atoms with Crippen molar-refractivity contribution in [2.45, 2.75) is 0 Å². The number of benzene rings is 1. The lowest BCUT2D eigenvalue weighted by molar-refractivity contribution is 0.0694. The fourth-order valence-corrected chi connectivity index (χ4v) is 1.65. The molecule has 2 rings (SSSR count). The molecule has 0 fully saturated rings. The van der Waals surface area contributed by atoms with Crippen molar-refractivity contribution in [3.63, 3.8) is 0 Å². The largest absolute Gasteiger partial charge is 0.495 e. The van der Waals surface area contributed by atoms with Gasteiger partial charge < -0.3 is 14.8 Å². The maximum absolute atomic E-state index is 11.6. The third-order valence-electron chi connectivity index (χ3n) is 2.52. The summed E-state index contributed by atoms with van der Waals surface area (Å²) >= 11 is 0. The number of methoxy groups -OCH3 is 1. The minimum Gasteiger partial charge on any atom is -0.495 e. The molecule has 0 aliphatic carbocycles. The quantitative estimate of drug-likeness (QED) is 0.863. The number of aromatic amines is 1. The monoisotopic (exact) mass is 245 g/mol. The second-order valence-electron chi connectivity index (χ2n) is 3.63. The zero-order chi connectivity index (χ0) is 13.1. The molecule has 0 amide bonds. The molecule has 0 aliphatic rings. The van der Waals surface area contributed by atoms with Crippen LogP contribution in [0.4, 0.5) is 0 Å². The van der Waals surface area contributed by atoms with E-state index >= 15 is 0 Å². The third kappa shape index (κ3) is 2.10. The number of carboxylic acids is 1. The Morgan fingerprint density at radius 1 is 1.28 bits per heavy atom. The zero-order valence-corrected chi connectivity index (χ0v) is 9.64. The maximum Gasteiger partial charge on any atom is 0.341 e. The number of H-pyrrole nitrogens is 1. The van der Waals surface area contributed by atoms with Crippen LogP contribution in [0.1, 0.15) is 10.4 Å². The number of aromatic carboxylic acids is 1. The average Bonchev–Trinajstić information content (AvgIpc) is 2.39. The lowest BCUT2D eigenvalue weighted by Crippen LogP contribution is -2.18. The molecular formula is C13H11NO4. The highest BCUT2D eigenvalue weighted by Crippen LogP contribution is 2.26. The first-order valence-electron chi connectivity index (χ1n) is 5.23. The smallest absolute Gasteiger partial charge is 0.341 e. The van der Waals surface area contributed by atoms with E-state index in [9.17, 15) is 9.59 Å². The summed E-state index contributed by atoms with van der Waals surface area (Å²) in [5, 5.41) is 8.87. The Balaban J connectivity index is 2.66. The summed E-state index contributed by atoms with van der Waals surface area (Å²) in [7, 11) is 1.42. The molecule has 1 aromatic heterocycles. The van der Waals surface area contributed by atoms with E-state index in [0.717, 1.165) is 5.56 Å². The Hall–Kier alpha value is -2.56. The summed E-state index contributed by atoms with van der Waals surface area (Å²) in [5.74, 6) is -0.965. The number of pyridine rings is 1. The molecule has 0 unspecified atom stereocenters. The van der Waals surface area contributed by atoms with Gasteiger partial charge in [-0.25, -0.2) is 4.79 Å². The molecule has 5 nitrogen and oxygen atoms in total. The fraction of sp³-hybridized carbons (Fsp3) is 0.0769. The van der Waals surface area contributed by atoms with Crippen molar-refractivity contribution in [1.82, 2.24) is 4.98 Å². The average molecular weight is 245 g/mol. The van der Waals surface area contributed by atoms with Crippen LogP contribution >= 0.6 is 0 Å². The molecule has 1 heterocycles. The Bertz CT molecular complexity index is 631. The van der Waals surface area contributed by atoms with Gasteiger partial charge in [0.2, 0.25) is 0 Å². The van der Waals surface area contributed by atoms with Crippen molar-refractivity contribution < 1.29 is 14.6 Å². The van der Waals surface area contributed by atoms with Crippen LogP contribution in [0.5, 0.6) is 5.75 Å². The number of carbonyl (C=O) groups is 1. The lowest BCUT2D eigenvalue weighted by atomic mass is 10.1. The van der Waals surface area contributed by atoms with E-state index in [0.29, 0.717) is 11.4 Å². The molecule has 0 radical (unpaired) electrons. The van der Waals surface area contributed by atoms with Crippen LogP contribution in [0.15, 0.2) is 41.2 Å². The summed E-state index contributed by atoms with van der Waals surface area (Å²) in [4.78, 5) is 25.0. The second kappa shape index (κ2) is 4.75. The van der Waals surface area contributed by atoms with Crippen molar-refractivity contribution in [3.8, 4) is 17.0 Å². The Morgan fingerprint density at radius 2 is 1.94 bits per heavy atom. The summed E-state index contributed by atoms with van der Waals surface area (Å²) in [5.41, 5.74) is 0.227. The third-order valence-corrected chi connectivity index (χ3v) is 2.52. The van der Waals surface area contributed by atoms with Gasteiger partial charge >= 0.3 is 5.97 Å². The van der Waals surface area contributed by atoms with Crippen molar-refractivity contribution in [2.24, 2.45) is 0 Å². The molecule has 0 saturated heterocycles. The number of aromatic nitrogens is 1. The lowest BCUT2D eigenvalue weighted by Gasteiger charge is -2.09. The topological polar surface area (TPSA) is 79.4 Å². The minimum atomic E-state index is -1.28. The number of rotatable bonds is 3. The number of carboxylic acid groups (broad SMARTS) is 1. The summed E-state index contributed by atoms with van der Waals surface area (Å²) in [6.45, 7) is 0. The molecule has 18 heavy (non-hydrogen) atoms. The van der Waals surface area contributed by atoms with Crippen LogP contribution in [0.2, 0.25) is 0 Å². The van der Waals surface area contributed by atoms with E-state index in [4.69, 9.17) is 9.84 Å². The first kappa shape index (κ1) is 11.9. The Morgan fingerprint density at radius 3 is 2.50 bits per heavy atom. The standard InChI is InChI=1S/C13H11NO4/c1-18-10-7-9(13(16)17)12(15)14-11(10)8-5-3-2-4-6-8/h2-7H,1H3,(H,14,15)(H,16,17). The summed E-state index contributed by atoms with van der Waals surface area (Å²) in [6.07, 6.45) is 0. The van der Waals surface area contributed by atoms with Gasteiger partial charge in [-0.15, -0.1) is 0 Å². The van der Waals surface area contributed by atoms with Crippen LogP contribution in [-0.4, -0.2) is 23.2 Å². The molecular weight excluding hydrogens is 234 g/mol. The first-order chi connectivity index (χ1) is 8.63. The van der Waals surface area contributed by atoms with Gasteiger partial charge in [-0.05, 0) is 0 Å². The minimum absolute atomic E-state index is 0.318. The number of hydrogen-bond acceptors (Lipinski definition) is 3. The van der Waals surface area contributed by atoms with E-state index in [1.165, 1.54) is 13.2 Å². The van der Waals surface area contributed by atoms with Gasteiger partial charge in [0.25, 0.3) is 5.56 Å². The Labute approximate surface area is 103 Å². The molecule has 0 spiro atoms. The van der Waals surface area contributed by atoms with Crippen LogP contribution in [0.25, 0.3) is 11.3 Å². The van der Waals surface area contributed by atoms with Gasteiger partial charge in [0.15, 0.2) is 0 Å². The predicted octanol–water partition coefficient (Wildman–Crippen LogP) is 1.75. The van der Waals surface area contributed by atoms with Crippen molar-refractivity contribution >= 4 is 5.97 Å². The van der Waals surface area contributed by atoms with Gasteiger partial charge in [0, 0.05) is 11.6 Å². The van der Waals surface area contributed by atoms with E-state index in [1.807, 2.05) is 18.2 Å². The SMILES string of the molecule is COc1cc(C(=O)O)c(=O)[nH]c1-c1ccccc1. The van der Waals surface area contributed by atoms with Crippen LogP contribution in [0, 0.1) is 0 Å². The first-order valence-corrected chi connectivity index (χ1v) is 5.23. The molecule has 92 valence electrons. The van der Waals surface area contributed by atoms with Crippen LogP contribution < -0.4 is 10.3 Å². The maximum atomic E-state index is 11.6. The van der Waals surface area contributed by atoms with Gasteiger partial charge in [0.1, 0.15) is 11.3 Å². The van der Waals surface area contributed by atoms with Crippen molar-refractivity contribution in [3.05, 3.63) is 52.3 Å². The van der Waals surface area contributed by atoms with Gasteiger partial charge in [-0.3, -0.25) is 4.79 Å². The zero-order valence-electron chi connectivity index (χ0n) is 9.64. The van der Waals surface area contributed by atoms with E-state index in [-0.39, 0.29) is 5.56 Å². The van der Waals surface area contributed by atoms with E-state index in [2.05, 4.69) is 4.98 Å². The molecule has 0 saturated carbocycles. The normalized spacial score (nSPS) is 10.1. The van der Waals surface area contributed by atoms with Gasteiger partial charge in [0.05, 0.1) is 12.8 Å². The van der Waals surface area contributed by atoms with E-state index in [1.54, 1.807) is 12.1 Å². The number of ether oxygens (including phenoxy) is 1. The number of hydrogen-bond donors (Lipinski definition) is 2. The van der Waals surface area contributed by atoms with Gasteiger partial charge in [-0.1, -0.05) is 30.3 Å². The van der Waals surface area contributed by atoms with Crippen molar-refractivity contribution in [2.75, 3.05) is 7.11 Å². The fourth-order valence-electron chi connectivity index (χ4n) is 1.65. The summed E-state index contributed by atoms with van der Waals surface area (Å²) < 4.78 is 5.11. The molecule has 5 heteroatoms. The molecule has 0 bridgehead atoms. The molecule has 0 aliphatic heterocycles. The highest BCUT2D eigenvalue weighted by atomic mass is 16.5. The second-order valence-corrected chi connectivity index (χ2v) is 3.63. The molecule has 1 aromatic carbocycles. The molecule has 2 aromatic rings. The molecule has 0 atom stereocenters. The number of nitrogens with one attached hydrogen (secondary N) is 1. The highest BCUT2D eigenvalue weighted by molar-refractivity contribution is 5.88. The van der Waals surface area contributed by atoms with Crippen LogP contribution in [0.3, 0.4) is 0 Å². The van der Waals surface area contributed by atoms with Gasteiger partial charge in [-0.2, -0.15) is 0 Å². The van der Waals surface area contributed by atoms with Crippen molar-refractivity contribution in [1.29, 1.82) is 0 Å². The Kier molecular flexibility index (Phi) is 3.14. The highest BCUT2D eigenvalue weighted by Gasteiger charge is 2.15. The summed E-state index contributed by atoms with van der Waals surface area (Å²) in [6, 6.07) is 10.3. The predicted molar refractivity (Wildman–Crippen MR) is 66.0 cm³/mol.